The molecule has 1 aromatic carbocycles. The number of ether oxygens (including phenoxy) is 4. The van der Waals surface area contributed by atoms with Crippen molar-refractivity contribution in [1.82, 2.24) is 0 Å². The number of hydrogen-bond donors (Lipinski definition) is 1. The number of rotatable bonds is 6. The zero-order chi connectivity index (χ0) is 15.4. The van der Waals surface area contributed by atoms with E-state index < -0.39 is 0 Å². The topological polar surface area (TPSA) is 62.9 Å². The number of nitrogens with two attached hydrogens (primary N) is 1. The van der Waals surface area contributed by atoms with Crippen LogP contribution in [0.15, 0.2) is 12.1 Å². The van der Waals surface area contributed by atoms with Gasteiger partial charge in [0, 0.05) is 30.7 Å². The SMILES string of the molecule is CCC1OCCC1C(N)c1c(OC)cc(OC)cc1OC. The van der Waals surface area contributed by atoms with Crippen molar-refractivity contribution in [3.8, 4) is 17.2 Å². The fraction of sp³-hybridized carbons (Fsp3) is 0.625. The molecule has 1 heterocycles. The standard InChI is InChI=1S/C16H25NO4/c1-5-12-11(6-7-21-12)16(17)15-13(19-3)8-10(18-2)9-14(15)20-4/h8-9,11-12,16H,5-7,17H2,1-4H3. The van der Waals surface area contributed by atoms with Crippen LogP contribution in [0.25, 0.3) is 0 Å². The van der Waals surface area contributed by atoms with Crippen molar-refractivity contribution in [1.29, 1.82) is 0 Å². The maximum Gasteiger partial charge on any atom is 0.131 e. The molecule has 3 unspecified atom stereocenters. The first-order valence-electron chi connectivity index (χ1n) is 7.33. The van der Waals surface area contributed by atoms with Crippen LogP contribution in [0.4, 0.5) is 0 Å². The van der Waals surface area contributed by atoms with E-state index in [2.05, 4.69) is 6.92 Å². The van der Waals surface area contributed by atoms with Crippen molar-refractivity contribution in [3.05, 3.63) is 17.7 Å². The van der Waals surface area contributed by atoms with Gasteiger partial charge in [0.2, 0.25) is 0 Å². The number of hydrogen-bond acceptors (Lipinski definition) is 5. The molecule has 1 fully saturated rings. The van der Waals surface area contributed by atoms with E-state index in [1.807, 2.05) is 12.1 Å². The van der Waals surface area contributed by atoms with Gasteiger partial charge in [0.25, 0.3) is 0 Å². The molecule has 5 nitrogen and oxygen atoms in total. The lowest BCUT2D eigenvalue weighted by Gasteiger charge is -2.27. The maximum absolute atomic E-state index is 6.53. The summed E-state index contributed by atoms with van der Waals surface area (Å²) in [5.41, 5.74) is 7.41. The molecule has 0 aromatic heterocycles. The molecule has 0 aliphatic carbocycles. The summed E-state index contributed by atoms with van der Waals surface area (Å²) >= 11 is 0. The molecule has 1 saturated heterocycles. The highest BCUT2D eigenvalue weighted by Gasteiger charge is 2.35. The van der Waals surface area contributed by atoms with Gasteiger partial charge in [-0.25, -0.2) is 0 Å². The van der Waals surface area contributed by atoms with Gasteiger partial charge in [-0.3, -0.25) is 0 Å². The molecule has 2 rings (SSSR count). The normalized spacial score (nSPS) is 22.9. The van der Waals surface area contributed by atoms with Gasteiger partial charge in [-0.1, -0.05) is 6.92 Å². The van der Waals surface area contributed by atoms with Crippen molar-refractivity contribution in [3.63, 3.8) is 0 Å². The first kappa shape index (κ1) is 15.9. The van der Waals surface area contributed by atoms with Crippen LogP contribution in [0.3, 0.4) is 0 Å². The van der Waals surface area contributed by atoms with Crippen molar-refractivity contribution >= 4 is 0 Å². The summed E-state index contributed by atoms with van der Waals surface area (Å²) in [5.74, 6) is 2.35. The van der Waals surface area contributed by atoms with E-state index in [4.69, 9.17) is 24.7 Å². The summed E-state index contributed by atoms with van der Waals surface area (Å²) in [6, 6.07) is 3.50. The third kappa shape index (κ3) is 3.09. The number of benzene rings is 1. The fourth-order valence-electron chi connectivity index (χ4n) is 3.07. The molecular weight excluding hydrogens is 270 g/mol. The Morgan fingerprint density at radius 2 is 1.81 bits per heavy atom. The Morgan fingerprint density at radius 3 is 2.29 bits per heavy atom. The third-order valence-electron chi connectivity index (χ3n) is 4.21. The zero-order valence-corrected chi connectivity index (χ0v) is 13.2. The van der Waals surface area contributed by atoms with Crippen LogP contribution >= 0.6 is 0 Å². The van der Waals surface area contributed by atoms with E-state index in [1.54, 1.807) is 21.3 Å². The average molecular weight is 295 g/mol. The number of methoxy groups -OCH3 is 3. The molecule has 21 heavy (non-hydrogen) atoms. The van der Waals surface area contributed by atoms with Gasteiger partial charge in [0.05, 0.1) is 33.0 Å². The highest BCUT2D eigenvalue weighted by molar-refractivity contribution is 5.52. The quantitative estimate of drug-likeness (QED) is 0.873. The summed E-state index contributed by atoms with van der Waals surface area (Å²) in [7, 11) is 4.88. The predicted octanol–water partition coefficient (Wildman–Crippen LogP) is 2.53. The molecule has 0 amide bonds. The van der Waals surface area contributed by atoms with Crippen LogP contribution in [-0.2, 0) is 4.74 Å². The van der Waals surface area contributed by atoms with Crippen LogP contribution in [0, 0.1) is 5.92 Å². The molecule has 118 valence electrons. The average Bonchev–Trinajstić information content (AvgIpc) is 3.01. The third-order valence-corrected chi connectivity index (χ3v) is 4.21. The molecule has 0 bridgehead atoms. The Bertz CT molecular complexity index is 452. The second kappa shape index (κ2) is 7.00. The lowest BCUT2D eigenvalue weighted by atomic mass is 9.86. The summed E-state index contributed by atoms with van der Waals surface area (Å²) in [4.78, 5) is 0. The largest absolute Gasteiger partial charge is 0.496 e. The second-order valence-electron chi connectivity index (χ2n) is 5.24. The van der Waals surface area contributed by atoms with E-state index in [9.17, 15) is 0 Å². The lowest BCUT2D eigenvalue weighted by molar-refractivity contribution is 0.0809. The summed E-state index contributed by atoms with van der Waals surface area (Å²) in [6.07, 6.45) is 2.11. The predicted molar refractivity (Wildman–Crippen MR) is 81.2 cm³/mol. The molecule has 0 radical (unpaired) electrons. The van der Waals surface area contributed by atoms with Crippen LogP contribution in [0.2, 0.25) is 0 Å². The van der Waals surface area contributed by atoms with Gasteiger partial charge in [-0.2, -0.15) is 0 Å². The highest BCUT2D eigenvalue weighted by Crippen LogP contribution is 2.43. The minimum absolute atomic E-state index is 0.187. The second-order valence-corrected chi connectivity index (χ2v) is 5.24. The fourth-order valence-corrected chi connectivity index (χ4v) is 3.07. The molecule has 1 aromatic rings. The Morgan fingerprint density at radius 1 is 1.19 bits per heavy atom. The van der Waals surface area contributed by atoms with Crippen LogP contribution in [-0.4, -0.2) is 34.0 Å². The van der Waals surface area contributed by atoms with Gasteiger partial charge in [-0.15, -0.1) is 0 Å². The van der Waals surface area contributed by atoms with E-state index in [0.717, 1.165) is 25.0 Å². The van der Waals surface area contributed by atoms with Crippen molar-refractivity contribution in [2.45, 2.75) is 31.9 Å². The van der Waals surface area contributed by atoms with Crippen molar-refractivity contribution in [2.24, 2.45) is 11.7 Å². The molecule has 1 aliphatic rings. The van der Waals surface area contributed by atoms with Crippen molar-refractivity contribution in [2.75, 3.05) is 27.9 Å². The minimum Gasteiger partial charge on any atom is -0.496 e. The van der Waals surface area contributed by atoms with Gasteiger partial charge >= 0.3 is 0 Å². The van der Waals surface area contributed by atoms with E-state index in [-0.39, 0.29) is 18.1 Å². The highest BCUT2D eigenvalue weighted by atomic mass is 16.5. The van der Waals surface area contributed by atoms with Gasteiger partial charge in [-0.05, 0) is 12.8 Å². The van der Waals surface area contributed by atoms with Crippen molar-refractivity contribution < 1.29 is 18.9 Å². The first-order chi connectivity index (χ1) is 10.2. The van der Waals surface area contributed by atoms with E-state index >= 15 is 0 Å². The Kier molecular flexibility index (Phi) is 5.31. The van der Waals surface area contributed by atoms with Crippen LogP contribution < -0.4 is 19.9 Å². The Hall–Kier alpha value is -1.46. The van der Waals surface area contributed by atoms with Gasteiger partial charge in [0.1, 0.15) is 17.2 Å². The molecule has 3 atom stereocenters. The molecular formula is C16H25NO4. The summed E-state index contributed by atoms with van der Waals surface area (Å²) in [5, 5.41) is 0. The first-order valence-corrected chi connectivity index (χ1v) is 7.33. The monoisotopic (exact) mass is 295 g/mol. The summed E-state index contributed by atoms with van der Waals surface area (Å²) < 4.78 is 22.0. The van der Waals surface area contributed by atoms with E-state index in [1.165, 1.54) is 0 Å². The van der Waals surface area contributed by atoms with Gasteiger partial charge in [0.15, 0.2) is 0 Å². The molecule has 5 heteroatoms. The summed E-state index contributed by atoms with van der Waals surface area (Å²) in [6.45, 7) is 2.88. The molecule has 0 saturated carbocycles. The zero-order valence-electron chi connectivity index (χ0n) is 13.2. The Labute approximate surface area is 126 Å². The maximum atomic E-state index is 6.53. The molecule has 0 spiro atoms. The van der Waals surface area contributed by atoms with Crippen LogP contribution in [0.5, 0.6) is 17.2 Å². The molecule has 2 N–H and O–H groups in total. The minimum atomic E-state index is -0.187. The van der Waals surface area contributed by atoms with Gasteiger partial charge < -0.3 is 24.7 Å². The lowest BCUT2D eigenvalue weighted by Crippen LogP contribution is -2.28. The van der Waals surface area contributed by atoms with Crippen LogP contribution in [0.1, 0.15) is 31.4 Å². The smallest absolute Gasteiger partial charge is 0.131 e. The Balaban J connectivity index is 2.41. The molecule has 1 aliphatic heterocycles. The van der Waals surface area contributed by atoms with E-state index in [0.29, 0.717) is 17.2 Å².